The zero-order valence-electron chi connectivity index (χ0n) is 11.6. The number of halogens is 1. The maximum atomic E-state index is 12.2. The number of nitrogens with zero attached hydrogens (tertiary/aromatic N) is 2. The first-order chi connectivity index (χ1) is 10.0. The Morgan fingerprint density at radius 1 is 1.29 bits per heavy atom. The molecule has 0 radical (unpaired) electrons. The van der Waals surface area contributed by atoms with E-state index in [-0.39, 0.29) is 11.4 Å². The molecule has 2 rings (SSSR count). The molecule has 0 atom stereocenters. The van der Waals surface area contributed by atoms with E-state index in [4.69, 9.17) is 0 Å². The standard InChI is InChI=1S/C13H17BrN4O2S/c1-15-6-7-18-10-13(9-16-18)21(19,20)17-8-11-2-4-12(14)5-3-11/h2-5,9-10,15,17H,6-8H2,1H3. The fourth-order valence-electron chi connectivity index (χ4n) is 1.70. The molecule has 0 saturated carbocycles. The molecule has 0 amide bonds. The van der Waals surface area contributed by atoms with Gasteiger partial charge in [0.2, 0.25) is 10.0 Å². The quantitative estimate of drug-likeness (QED) is 0.768. The van der Waals surface area contributed by atoms with Crippen molar-refractivity contribution in [1.82, 2.24) is 19.8 Å². The van der Waals surface area contributed by atoms with Gasteiger partial charge in [-0.15, -0.1) is 0 Å². The molecule has 0 fully saturated rings. The minimum Gasteiger partial charge on any atom is -0.318 e. The van der Waals surface area contributed by atoms with E-state index in [0.29, 0.717) is 6.54 Å². The predicted octanol–water partition coefficient (Wildman–Crippen LogP) is 1.34. The highest BCUT2D eigenvalue weighted by Gasteiger charge is 2.16. The fraction of sp³-hybridized carbons (Fsp3) is 0.308. The third-order valence-corrected chi connectivity index (χ3v) is 4.77. The van der Waals surface area contributed by atoms with Gasteiger partial charge in [0.25, 0.3) is 0 Å². The molecule has 21 heavy (non-hydrogen) atoms. The highest BCUT2D eigenvalue weighted by molar-refractivity contribution is 9.10. The van der Waals surface area contributed by atoms with Gasteiger partial charge in [-0.25, -0.2) is 13.1 Å². The molecule has 114 valence electrons. The highest BCUT2D eigenvalue weighted by atomic mass is 79.9. The zero-order valence-corrected chi connectivity index (χ0v) is 14.0. The van der Waals surface area contributed by atoms with E-state index >= 15 is 0 Å². The Morgan fingerprint density at radius 2 is 2.00 bits per heavy atom. The van der Waals surface area contributed by atoms with E-state index < -0.39 is 10.0 Å². The first-order valence-electron chi connectivity index (χ1n) is 6.42. The van der Waals surface area contributed by atoms with Crippen molar-refractivity contribution in [1.29, 1.82) is 0 Å². The molecule has 1 heterocycles. The van der Waals surface area contributed by atoms with Crippen LogP contribution in [0.4, 0.5) is 0 Å². The van der Waals surface area contributed by atoms with Crippen molar-refractivity contribution >= 4 is 26.0 Å². The summed E-state index contributed by atoms with van der Waals surface area (Å²) in [4.78, 5) is 0.177. The summed E-state index contributed by atoms with van der Waals surface area (Å²) in [6.45, 7) is 1.60. The van der Waals surface area contributed by atoms with Crippen molar-refractivity contribution in [2.24, 2.45) is 0 Å². The molecular formula is C13H17BrN4O2S. The normalized spacial score (nSPS) is 11.7. The van der Waals surface area contributed by atoms with Crippen LogP contribution in [-0.4, -0.2) is 31.8 Å². The SMILES string of the molecule is CNCCn1cc(S(=O)(=O)NCc2ccc(Br)cc2)cn1. The van der Waals surface area contributed by atoms with Crippen LogP contribution in [-0.2, 0) is 23.1 Å². The number of benzene rings is 1. The average Bonchev–Trinajstić information content (AvgIpc) is 2.94. The molecule has 6 nitrogen and oxygen atoms in total. The molecule has 0 spiro atoms. The lowest BCUT2D eigenvalue weighted by Gasteiger charge is -2.05. The van der Waals surface area contributed by atoms with Gasteiger partial charge in [-0.1, -0.05) is 28.1 Å². The van der Waals surface area contributed by atoms with Crippen LogP contribution in [0.2, 0.25) is 0 Å². The lowest BCUT2D eigenvalue weighted by atomic mass is 10.2. The first-order valence-corrected chi connectivity index (χ1v) is 8.70. The van der Waals surface area contributed by atoms with Crippen molar-refractivity contribution in [3.8, 4) is 0 Å². The summed E-state index contributed by atoms with van der Waals surface area (Å²) in [5, 5.41) is 7.02. The van der Waals surface area contributed by atoms with Crippen LogP contribution < -0.4 is 10.0 Å². The van der Waals surface area contributed by atoms with Crippen LogP contribution in [0.15, 0.2) is 46.0 Å². The summed E-state index contributed by atoms with van der Waals surface area (Å²) < 4.78 is 29.5. The minimum absolute atomic E-state index is 0.177. The van der Waals surface area contributed by atoms with Crippen LogP contribution in [0, 0.1) is 0 Å². The van der Waals surface area contributed by atoms with E-state index in [1.54, 1.807) is 4.68 Å². The van der Waals surface area contributed by atoms with Crippen LogP contribution >= 0.6 is 15.9 Å². The molecule has 2 aromatic rings. The van der Waals surface area contributed by atoms with Crippen LogP contribution in [0.5, 0.6) is 0 Å². The zero-order chi connectivity index (χ0) is 15.3. The third kappa shape index (κ3) is 4.63. The van der Waals surface area contributed by atoms with Crippen molar-refractivity contribution in [2.75, 3.05) is 13.6 Å². The Kier molecular flexibility index (Phi) is 5.51. The topological polar surface area (TPSA) is 76.0 Å². The summed E-state index contributed by atoms with van der Waals surface area (Å²) in [5.41, 5.74) is 0.893. The van der Waals surface area contributed by atoms with Gasteiger partial charge in [-0.3, -0.25) is 4.68 Å². The number of rotatable bonds is 7. The lowest BCUT2D eigenvalue weighted by molar-refractivity contribution is 0.576. The molecule has 8 heteroatoms. The largest absolute Gasteiger partial charge is 0.318 e. The van der Waals surface area contributed by atoms with Gasteiger partial charge in [0.05, 0.1) is 12.7 Å². The fourth-order valence-corrected chi connectivity index (χ4v) is 2.93. The third-order valence-electron chi connectivity index (χ3n) is 2.89. The number of nitrogens with one attached hydrogen (secondary N) is 2. The van der Waals surface area contributed by atoms with E-state index in [1.807, 2.05) is 31.3 Å². The Hall–Kier alpha value is -1.22. The molecule has 0 aliphatic carbocycles. The smallest absolute Gasteiger partial charge is 0.243 e. The van der Waals surface area contributed by atoms with E-state index in [1.165, 1.54) is 12.4 Å². The molecule has 1 aromatic heterocycles. The molecular weight excluding hydrogens is 356 g/mol. The monoisotopic (exact) mass is 372 g/mol. The lowest BCUT2D eigenvalue weighted by Crippen LogP contribution is -2.23. The van der Waals surface area contributed by atoms with Crippen molar-refractivity contribution < 1.29 is 8.42 Å². The number of likely N-dealkylation sites (N-methyl/N-ethyl adjacent to an activating group) is 1. The second-order valence-electron chi connectivity index (χ2n) is 4.49. The molecule has 1 aromatic carbocycles. The maximum absolute atomic E-state index is 12.2. The summed E-state index contributed by atoms with van der Waals surface area (Å²) in [6, 6.07) is 7.48. The summed E-state index contributed by atoms with van der Waals surface area (Å²) in [5.74, 6) is 0. The Balaban J connectivity index is 2.00. The van der Waals surface area contributed by atoms with Crippen LogP contribution in [0.1, 0.15) is 5.56 Å². The van der Waals surface area contributed by atoms with Crippen molar-refractivity contribution in [3.63, 3.8) is 0 Å². The summed E-state index contributed by atoms with van der Waals surface area (Å²) in [6.07, 6.45) is 2.89. The average molecular weight is 373 g/mol. The Bertz CT molecular complexity index is 682. The van der Waals surface area contributed by atoms with Gasteiger partial charge in [0.1, 0.15) is 4.90 Å². The number of hydrogen-bond acceptors (Lipinski definition) is 4. The first kappa shape index (κ1) is 16.2. The van der Waals surface area contributed by atoms with E-state index in [9.17, 15) is 8.42 Å². The second kappa shape index (κ2) is 7.17. The molecule has 0 saturated heterocycles. The van der Waals surface area contributed by atoms with Gasteiger partial charge in [-0.05, 0) is 24.7 Å². The van der Waals surface area contributed by atoms with E-state index in [0.717, 1.165) is 16.6 Å². The second-order valence-corrected chi connectivity index (χ2v) is 7.18. The predicted molar refractivity (Wildman–Crippen MR) is 84.3 cm³/mol. The van der Waals surface area contributed by atoms with Crippen LogP contribution in [0.3, 0.4) is 0 Å². The van der Waals surface area contributed by atoms with Crippen molar-refractivity contribution in [2.45, 2.75) is 18.0 Å². The van der Waals surface area contributed by atoms with Crippen LogP contribution in [0.25, 0.3) is 0 Å². The summed E-state index contributed by atoms with van der Waals surface area (Å²) in [7, 11) is -1.70. The Morgan fingerprint density at radius 3 is 2.67 bits per heavy atom. The van der Waals surface area contributed by atoms with Crippen molar-refractivity contribution in [3.05, 3.63) is 46.7 Å². The molecule has 2 N–H and O–H groups in total. The van der Waals surface area contributed by atoms with Gasteiger partial charge in [0.15, 0.2) is 0 Å². The van der Waals surface area contributed by atoms with Gasteiger partial charge in [0, 0.05) is 23.8 Å². The van der Waals surface area contributed by atoms with Gasteiger partial charge < -0.3 is 5.32 Å². The summed E-state index contributed by atoms with van der Waals surface area (Å²) >= 11 is 3.34. The molecule has 0 aliphatic heterocycles. The molecule has 0 aliphatic rings. The minimum atomic E-state index is -3.54. The number of sulfonamides is 1. The van der Waals surface area contributed by atoms with Gasteiger partial charge >= 0.3 is 0 Å². The van der Waals surface area contributed by atoms with Gasteiger partial charge in [-0.2, -0.15) is 5.10 Å². The van der Waals surface area contributed by atoms with E-state index in [2.05, 4.69) is 31.1 Å². The highest BCUT2D eigenvalue weighted by Crippen LogP contribution is 2.12. The Labute approximate surface area is 132 Å². The maximum Gasteiger partial charge on any atom is 0.243 e. The number of aromatic nitrogens is 2. The molecule has 0 bridgehead atoms. The number of hydrogen-bond donors (Lipinski definition) is 2. The molecule has 0 unspecified atom stereocenters.